The maximum atomic E-state index is 13.8. The van der Waals surface area contributed by atoms with Gasteiger partial charge >= 0.3 is 0 Å². The second-order valence-electron chi connectivity index (χ2n) is 9.96. The van der Waals surface area contributed by atoms with Gasteiger partial charge in [0.25, 0.3) is 5.56 Å². The van der Waals surface area contributed by atoms with Crippen LogP contribution in [0.25, 0.3) is 28.1 Å². The van der Waals surface area contributed by atoms with Gasteiger partial charge in [0.05, 0.1) is 23.7 Å². The van der Waals surface area contributed by atoms with Gasteiger partial charge in [-0.2, -0.15) is 9.78 Å². The Bertz CT molecular complexity index is 1750. The van der Waals surface area contributed by atoms with Crippen molar-refractivity contribution in [2.45, 2.75) is 47.5 Å². The molecule has 0 bridgehead atoms. The van der Waals surface area contributed by atoms with Gasteiger partial charge in [-0.25, -0.2) is 9.97 Å². The summed E-state index contributed by atoms with van der Waals surface area (Å²) in [6.07, 6.45) is 3.51. The first-order chi connectivity index (χ1) is 18.8. The van der Waals surface area contributed by atoms with Crippen LogP contribution in [-0.4, -0.2) is 32.0 Å². The molecule has 0 saturated carbocycles. The van der Waals surface area contributed by atoms with Crippen molar-refractivity contribution < 1.29 is 4.74 Å². The molecule has 0 fully saturated rings. The maximum absolute atomic E-state index is 13.8. The van der Waals surface area contributed by atoms with E-state index in [4.69, 9.17) is 14.8 Å². The summed E-state index contributed by atoms with van der Waals surface area (Å²) in [5.41, 5.74) is 6.20. The second kappa shape index (κ2) is 10.7. The molecular formula is C32H33N5O2. The maximum Gasteiger partial charge on any atom is 0.282 e. The minimum absolute atomic E-state index is 0.218. The lowest BCUT2D eigenvalue weighted by atomic mass is 9.96. The highest BCUT2D eigenvalue weighted by atomic mass is 16.5. The van der Waals surface area contributed by atoms with Crippen molar-refractivity contribution in [1.29, 1.82) is 0 Å². The lowest BCUT2D eigenvalue weighted by molar-refractivity contribution is 0.335. The number of rotatable bonds is 7. The summed E-state index contributed by atoms with van der Waals surface area (Å²) >= 11 is 0. The summed E-state index contributed by atoms with van der Waals surface area (Å²) < 4.78 is 9.43. The minimum Gasteiger partial charge on any atom is -0.494 e. The van der Waals surface area contributed by atoms with Crippen LogP contribution in [0.1, 0.15) is 54.8 Å². The molecule has 0 unspecified atom stereocenters. The van der Waals surface area contributed by atoms with E-state index in [1.54, 1.807) is 18.5 Å². The Balaban J connectivity index is 1.71. The number of nitrogens with zero attached hydrogens (tertiary/aromatic N) is 5. The monoisotopic (exact) mass is 519 g/mol. The van der Waals surface area contributed by atoms with Gasteiger partial charge in [-0.3, -0.25) is 4.79 Å². The fourth-order valence-electron chi connectivity index (χ4n) is 4.95. The van der Waals surface area contributed by atoms with E-state index in [9.17, 15) is 4.79 Å². The largest absolute Gasteiger partial charge is 0.494 e. The van der Waals surface area contributed by atoms with E-state index in [0.717, 1.165) is 45.2 Å². The van der Waals surface area contributed by atoms with Gasteiger partial charge in [-0.05, 0) is 87.2 Å². The topological polar surface area (TPSA) is 74.3 Å². The molecule has 7 heteroatoms. The molecule has 5 rings (SSSR count). The lowest BCUT2D eigenvalue weighted by Crippen LogP contribution is -2.21. The van der Waals surface area contributed by atoms with Crippen LogP contribution in [0, 0.1) is 20.8 Å². The number of ether oxygens (including phenoxy) is 1. The molecule has 0 N–H and O–H groups in total. The van der Waals surface area contributed by atoms with Crippen molar-refractivity contribution in [3.05, 3.63) is 105 Å². The summed E-state index contributed by atoms with van der Waals surface area (Å²) in [6, 6.07) is 19.4. The number of pyridine rings is 1. The van der Waals surface area contributed by atoms with Gasteiger partial charge in [0.2, 0.25) is 0 Å². The Kier molecular flexibility index (Phi) is 7.15. The molecular weight excluding hydrogens is 486 g/mol. The van der Waals surface area contributed by atoms with Crippen molar-refractivity contribution >= 4 is 17.1 Å². The predicted octanol–water partition coefficient (Wildman–Crippen LogP) is 6.58. The van der Waals surface area contributed by atoms with Gasteiger partial charge in [-0.15, -0.1) is 0 Å². The predicted molar refractivity (Wildman–Crippen MR) is 157 cm³/mol. The molecule has 0 aliphatic heterocycles. The number of hydrogen-bond donors (Lipinski definition) is 0. The van der Waals surface area contributed by atoms with Crippen LogP contribution in [0.3, 0.4) is 0 Å². The molecule has 5 aromatic rings. The first-order valence-corrected chi connectivity index (χ1v) is 13.2. The summed E-state index contributed by atoms with van der Waals surface area (Å²) in [4.78, 5) is 23.2. The van der Waals surface area contributed by atoms with Crippen molar-refractivity contribution in [2.75, 3.05) is 6.61 Å². The Hall–Kier alpha value is -4.52. The van der Waals surface area contributed by atoms with Crippen LogP contribution in [0.4, 0.5) is 0 Å². The first kappa shape index (κ1) is 26.1. The molecule has 0 radical (unpaired) electrons. The van der Waals surface area contributed by atoms with Crippen LogP contribution in [0.5, 0.6) is 5.75 Å². The first-order valence-electron chi connectivity index (χ1n) is 13.2. The smallest absolute Gasteiger partial charge is 0.282 e. The van der Waals surface area contributed by atoms with E-state index in [1.807, 2.05) is 76.2 Å². The highest BCUT2D eigenvalue weighted by Gasteiger charge is 2.19. The molecule has 0 amide bonds. The molecule has 0 saturated heterocycles. The average Bonchev–Trinajstić information content (AvgIpc) is 3.21. The highest BCUT2D eigenvalue weighted by molar-refractivity contribution is 5.84. The molecule has 7 nitrogen and oxygen atoms in total. The summed E-state index contributed by atoms with van der Waals surface area (Å²) in [6.45, 7) is 12.9. The molecule has 2 aromatic carbocycles. The molecule has 3 aromatic heterocycles. The molecule has 39 heavy (non-hydrogen) atoms. The number of aryl methyl sites for hydroxylation is 2. The summed E-state index contributed by atoms with van der Waals surface area (Å²) in [7, 11) is 0. The quantitative estimate of drug-likeness (QED) is 0.228. The molecule has 0 aliphatic carbocycles. The van der Waals surface area contributed by atoms with E-state index >= 15 is 0 Å². The standard InChI is InChI=1S/C32H33N5O2/c1-7-39-29-16-21(4)27(18-26(29)20(2)3)31-35-28-13-9-8-12-25(28)32(38)37(31)34-19-24-17-22(5)36(23(24)6)30-14-10-11-15-33-30/h8-20H,7H2,1-6H3. The van der Waals surface area contributed by atoms with E-state index < -0.39 is 0 Å². The van der Waals surface area contributed by atoms with Crippen molar-refractivity contribution in [2.24, 2.45) is 5.10 Å². The van der Waals surface area contributed by atoms with E-state index in [2.05, 4.69) is 29.5 Å². The number of fused-ring (bicyclic) bond motifs is 1. The van der Waals surface area contributed by atoms with Crippen LogP contribution < -0.4 is 10.3 Å². The summed E-state index contributed by atoms with van der Waals surface area (Å²) in [5.74, 6) is 2.42. The molecule has 3 heterocycles. The number of para-hydroxylation sites is 1. The van der Waals surface area contributed by atoms with E-state index in [-0.39, 0.29) is 11.5 Å². The van der Waals surface area contributed by atoms with Crippen LogP contribution in [-0.2, 0) is 0 Å². The number of hydrogen-bond acceptors (Lipinski definition) is 5. The molecule has 0 spiro atoms. The van der Waals surface area contributed by atoms with Gasteiger partial charge in [-0.1, -0.05) is 32.0 Å². The fraction of sp³-hybridized carbons (Fsp3) is 0.250. The third-order valence-corrected chi connectivity index (χ3v) is 6.93. The fourth-order valence-corrected chi connectivity index (χ4v) is 4.95. The van der Waals surface area contributed by atoms with Crippen molar-refractivity contribution in [3.63, 3.8) is 0 Å². The Morgan fingerprint density at radius 2 is 1.79 bits per heavy atom. The van der Waals surface area contributed by atoms with Gasteiger partial charge < -0.3 is 9.30 Å². The van der Waals surface area contributed by atoms with Crippen LogP contribution in [0.2, 0.25) is 0 Å². The summed E-state index contributed by atoms with van der Waals surface area (Å²) in [5, 5.41) is 5.26. The van der Waals surface area contributed by atoms with Crippen molar-refractivity contribution in [3.8, 4) is 23.0 Å². The number of benzene rings is 2. The zero-order valence-electron chi connectivity index (χ0n) is 23.3. The normalized spacial score (nSPS) is 11.7. The SMILES string of the molecule is CCOc1cc(C)c(-c2nc3ccccc3c(=O)n2N=Cc2cc(C)n(-c3ccccn3)c2C)cc1C(C)C. The Labute approximate surface area is 228 Å². The average molecular weight is 520 g/mol. The molecule has 0 aliphatic rings. The van der Waals surface area contributed by atoms with Crippen LogP contribution in [0.15, 0.2) is 76.8 Å². The van der Waals surface area contributed by atoms with Gasteiger partial charge in [0.15, 0.2) is 5.82 Å². The minimum atomic E-state index is -0.218. The third kappa shape index (κ3) is 4.88. The number of aromatic nitrogens is 4. The second-order valence-corrected chi connectivity index (χ2v) is 9.96. The van der Waals surface area contributed by atoms with Crippen LogP contribution >= 0.6 is 0 Å². The highest BCUT2D eigenvalue weighted by Crippen LogP contribution is 2.34. The van der Waals surface area contributed by atoms with Gasteiger partial charge in [0.1, 0.15) is 11.6 Å². The zero-order valence-corrected chi connectivity index (χ0v) is 23.3. The van der Waals surface area contributed by atoms with Crippen molar-refractivity contribution in [1.82, 2.24) is 19.2 Å². The Morgan fingerprint density at radius 3 is 2.51 bits per heavy atom. The third-order valence-electron chi connectivity index (χ3n) is 6.93. The van der Waals surface area contributed by atoms with Gasteiger partial charge in [0, 0.05) is 28.7 Å². The Morgan fingerprint density at radius 1 is 1.03 bits per heavy atom. The van der Waals surface area contributed by atoms with E-state index in [1.165, 1.54) is 4.68 Å². The molecule has 0 atom stereocenters. The molecule has 198 valence electrons. The zero-order chi connectivity index (χ0) is 27.7. The lowest BCUT2D eigenvalue weighted by Gasteiger charge is -2.18. The van der Waals surface area contributed by atoms with E-state index in [0.29, 0.717) is 23.3 Å².